The molecule has 0 radical (unpaired) electrons. The van der Waals surface area contributed by atoms with Crippen molar-refractivity contribution in [3.8, 4) is 0 Å². The van der Waals surface area contributed by atoms with Crippen LogP contribution in [0.4, 0.5) is 5.69 Å². The summed E-state index contributed by atoms with van der Waals surface area (Å²) in [6, 6.07) is 3.95. The van der Waals surface area contributed by atoms with E-state index in [2.05, 4.69) is 10.1 Å². The molecular weight excluding hydrogens is 322 g/mol. The van der Waals surface area contributed by atoms with Crippen LogP contribution < -0.4 is 5.32 Å². The summed E-state index contributed by atoms with van der Waals surface area (Å²) in [6.45, 7) is 0. The molecule has 1 fully saturated rings. The monoisotopic (exact) mass is 337 g/mol. The quantitative estimate of drug-likeness (QED) is 0.650. The Bertz CT molecular complexity index is 813. The maximum absolute atomic E-state index is 12.8. The molecule has 1 N–H and O–H groups in total. The Labute approximate surface area is 132 Å². The average Bonchev–Trinajstić information content (AvgIpc) is 3.13. The third-order valence-corrected chi connectivity index (χ3v) is 6.65. The lowest BCUT2D eigenvalue weighted by Crippen LogP contribution is -2.31. The molecule has 1 amide bonds. The van der Waals surface area contributed by atoms with Gasteiger partial charge in [-0.1, -0.05) is 6.42 Å². The second-order valence-corrected chi connectivity index (χ2v) is 7.80. The van der Waals surface area contributed by atoms with Crippen LogP contribution in [0.25, 0.3) is 0 Å². The molecular formula is C15H15NO6S. The van der Waals surface area contributed by atoms with Crippen LogP contribution in [0.15, 0.2) is 23.1 Å². The fourth-order valence-electron chi connectivity index (χ4n) is 3.19. The van der Waals surface area contributed by atoms with Gasteiger partial charge in [0.25, 0.3) is 11.7 Å². The van der Waals surface area contributed by atoms with Crippen LogP contribution in [0.1, 0.15) is 29.6 Å². The van der Waals surface area contributed by atoms with E-state index in [9.17, 15) is 22.8 Å². The molecule has 23 heavy (non-hydrogen) atoms. The summed E-state index contributed by atoms with van der Waals surface area (Å²) < 4.78 is 30.3. The molecule has 1 heterocycles. The van der Waals surface area contributed by atoms with Gasteiger partial charge in [0, 0.05) is 0 Å². The minimum atomic E-state index is -3.80. The number of Topliss-reactive ketones (excluding diaryl/α,β-unsaturated/α-hetero) is 1. The van der Waals surface area contributed by atoms with E-state index in [1.807, 2.05) is 0 Å². The zero-order chi connectivity index (χ0) is 16.8. The molecule has 0 aromatic heterocycles. The molecule has 0 saturated heterocycles. The fourth-order valence-corrected chi connectivity index (χ4v) is 5.24. The lowest BCUT2D eigenvalue weighted by atomic mass is 10.1. The van der Waals surface area contributed by atoms with Gasteiger partial charge in [0.2, 0.25) is 0 Å². The number of rotatable bonds is 3. The second-order valence-electron chi connectivity index (χ2n) is 5.63. The summed E-state index contributed by atoms with van der Waals surface area (Å²) in [5.74, 6) is -2.77. The van der Waals surface area contributed by atoms with Gasteiger partial charge in [0.05, 0.1) is 34.4 Å². The molecule has 2 unspecified atom stereocenters. The fraction of sp³-hybridized carbons (Fsp3) is 0.400. The van der Waals surface area contributed by atoms with Crippen molar-refractivity contribution in [3.63, 3.8) is 0 Å². The summed E-state index contributed by atoms with van der Waals surface area (Å²) in [5.41, 5.74) is 0.346. The van der Waals surface area contributed by atoms with Crippen LogP contribution in [0.2, 0.25) is 0 Å². The highest BCUT2D eigenvalue weighted by molar-refractivity contribution is 7.92. The first-order chi connectivity index (χ1) is 10.9. The first kappa shape index (κ1) is 15.7. The molecule has 1 aliphatic heterocycles. The average molecular weight is 337 g/mol. The van der Waals surface area contributed by atoms with E-state index in [1.165, 1.54) is 25.3 Å². The Kier molecular flexibility index (Phi) is 3.71. The van der Waals surface area contributed by atoms with Gasteiger partial charge in [-0.25, -0.2) is 8.42 Å². The van der Waals surface area contributed by atoms with Crippen molar-refractivity contribution in [1.29, 1.82) is 0 Å². The number of anilines is 1. The Hall–Kier alpha value is -2.22. The van der Waals surface area contributed by atoms with Crippen molar-refractivity contribution in [2.45, 2.75) is 29.4 Å². The number of ether oxygens (including phenoxy) is 1. The number of amides is 1. The maximum Gasteiger partial charge on any atom is 0.309 e. The Balaban J connectivity index is 2.00. The van der Waals surface area contributed by atoms with Crippen molar-refractivity contribution in [2.24, 2.45) is 5.92 Å². The van der Waals surface area contributed by atoms with Crippen molar-refractivity contribution >= 4 is 33.2 Å². The van der Waals surface area contributed by atoms with Gasteiger partial charge in [-0.2, -0.15) is 0 Å². The number of ketones is 1. The first-order valence-electron chi connectivity index (χ1n) is 7.17. The maximum atomic E-state index is 12.8. The molecule has 7 nitrogen and oxygen atoms in total. The number of hydrogen-bond donors (Lipinski definition) is 1. The molecule has 0 bridgehead atoms. The predicted molar refractivity (Wildman–Crippen MR) is 79.7 cm³/mol. The highest BCUT2D eigenvalue weighted by Crippen LogP contribution is 2.36. The predicted octanol–water partition coefficient (Wildman–Crippen LogP) is 0.937. The molecule has 1 aromatic carbocycles. The van der Waals surface area contributed by atoms with Crippen LogP contribution in [-0.4, -0.2) is 38.4 Å². The number of benzene rings is 1. The number of fused-ring (bicyclic) bond motifs is 1. The standard InChI is InChI=1S/C15H15NO6S/c1-22-15(19)9-3-2-4-12(9)23(20,21)8-5-6-11-10(7-8)13(17)14(18)16-11/h5-7,9,12H,2-4H2,1H3,(H,16,17,18). The van der Waals surface area contributed by atoms with Crippen molar-refractivity contribution < 1.29 is 27.5 Å². The van der Waals surface area contributed by atoms with E-state index in [1.54, 1.807) is 0 Å². The zero-order valence-corrected chi connectivity index (χ0v) is 13.2. The summed E-state index contributed by atoms with van der Waals surface area (Å²) in [5, 5.41) is 1.51. The number of hydrogen-bond acceptors (Lipinski definition) is 6. The summed E-state index contributed by atoms with van der Waals surface area (Å²) in [6.07, 6.45) is 1.44. The van der Waals surface area contributed by atoms with E-state index >= 15 is 0 Å². The number of methoxy groups -OCH3 is 1. The van der Waals surface area contributed by atoms with Crippen molar-refractivity contribution in [1.82, 2.24) is 0 Å². The molecule has 8 heteroatoms. The Morgan fingerprint density at radius 2 is 2.00 bits per heavy atom. The van der Waals surface area contributed by atoms with Crippen LogP contribution >= 0.6 is 0 Å². The van der Waals surface area contributed by atoms with E-state index in [0.717, 1.165) is 0 Å². The molecule has 2 aliphatic rings. The topological polar surface area (TPSA) is 107 Å². The highest BCUT2D eigenvalue weighted by atomic mass is 32.2. The van der Waals surface area contributed by atoms with Crippen LogP contribution in [-0.2, 0) is 24.2 Å². The SMILES string of the molecule is COC(=O)C1CCCC1S(=O)(=O)c1ccc2c(c1)C(=O)C(=O)N2. The largest absolute Gasteiger partial charge is 0.469 e. The summed E-state index contributed by atoms with van der Waals surface area (Å²) in [7, 11) is -2.57. The van der Waals surface area contributed by atoms with Gasteiger partial charge in [-0.15, -0.1) is 0 Å². The van der Waals surface area contributed by atoms with Gasteiger partial charge >= 0.3 is 5.97 Å². The molecule has 1 saturated carbocycles. The van der Waals surface area contributed by atoms with Crippen molar-refractivity contribution in [2.75, 3.05) is 12.4 Å². The van der Waals surface area contributed by atoms with E-state index < -0.39 is 38.7 Å². The number of esters is 1. The number of carbonyl (C=O) groups is 3. The van der Waals surface area contributed by atoms with Crippen LogP contribution in [0, 0.1) is 5.92 Å². The minimum absolute atomic E-state index is 0.0451. The van der Waals surface area contributed by atoms with Gasteiger partial charge in [0.15, 0.2) is 9.84 Å². The lowest BCUT2D eigenvalue weighted by molar-refractivity contribution is -0.145. The molecule has 3 rings (SSSR count). The highest BCUT2D eigenvalue weighted by Gasteiger charge is 2.43. The van der Waals surface area contributed by atoms with Crippen LogP contribution in [0.3, 0.4) is 0 Å². The number of carbonyl (C=O) groups excluding carboxylic acids is 3. The lowest BCUT2D eigenvalue weighted by Gasteiger charge is -2.18. The molecule has 0 spiro atoms. The van der Waals surface area contributed by atoms with Crippen LogP contribution in [0.5, 0.6) is 0 Å². The van der Waals surface area contributed by atoms with Gasteiger partial charge in [0.1, 0.15) is 0 Å². The molecule has 2 atom stereocenters. The smallest absolute Gasteiger partial charge is 0.309 e. The minimum Gasteiger partial charge on any atom is -0.469 e. The van der Waals surface area contributed by atoms with Gasteiger partial charge in [-0.05, 0) is 31.0 Å². The number of sulfone groups is 1. The summed E-state index contributed by atoms with van der Waals surface area (Å²) in [4.78, 5) is 34.8. The molecule has 122 valence electrons. The number of nitrogens with one attached hydrogen (secondary N) is 1. The molecule has 1 aliphatic carbocycles. The van der Waals surface area contributed by atoms with E-state index in [-0.39, 0.29) is 10.5 Å². The second kappa shape index (κ2) is 5.45. The van der Waals surface area contributed by atoms with Gasteiger partial charge < -0.3 is 10.1 Å². The third kappa shape index (κ3) is 2.42. The summed E-state index contributed by atoms with van der Waals surface area (Å²) >= 11 is 0. The van der Waals surface area contributed by atoms with E-state index in [4.69, 9.17) is 0 Å². The van der Waals surface area contributed by atoms with Crippen molar-refractivity contribution in [3.05, 3.63) is 23.8 Å². The van der Waals surface area contributed by atoms with Gasteiger partial charge in [-0.3, -0.25) is 14.4 Å². The Morgan fingerprint density at radius 3 is 2.70 bits per heavy atom. The molecule has 1 aromatic rings. The zero-order valence-electron chi connectivity index (χ0n) is 12.4. The first-order valence-corrected chi connectivity index (χ1v) is 8.72. The Morgan fingerprint density at radius 1 is 1.26 bits per heavy atom. The normalized spacial score (nSPS) is 23.5. The third-order valence-electron chi connectivity index (χ3n) is 4.37. The van der Waals surface area contributed by atoms with E-state index in [0.29, 0.717) is 24.9 Å².